The quantitative estimate of drug-likeness (QED) is 0.572. The molecule has 0 aliphatic rings. The van der Waals surface area contributed by atoms with Crippen molar-refractivity contribution in [2.75, 3.05) is 0 Å². The number of halogens is 1. The van der Waals surface area contributed by atoms with E-state index in [4.69, 9.17) is 10.1 Å². The molecule has 0 saturated carbocycles. The maximum absolute atomic E-state index is 12.2. The summed E-state index contributed by atoms with van der Waals surface area (Å²) in [6, 6.07) is 7.86. The second-order valence-corrected chi connectivity index (χ2v) is 7.48. The minimum Gasteiger partial charge on any atom is -0.455 e. The van der Waals surface area contributed by atoms with Crippen molar-refractivity contribution in [2.24, 2.45) is 0 Å². The van der Waals surface area contributed by atoms with Crippen LogP contribution in [0.1, 0.15) is 45.9 Å². The molecule has 2 aromatic rings. The molecule has 0 radical (unpaired) electrons. The van der Waals surface area contributed by atoms with Crippen molar-refractivity contribution in [3.05, 3.63) is 40.8 Å². The predicted molar refractivity (Wildman–Crippen MR) is 98.3 cm³/mol. The fourth-order valence-corrected chi connectivity index (χ4v) is 2.56. The molecule has 0 bridgehead atoms. The topological polar surface area (TPSA) is 78.8 Å². The lowest BCUT2D eigenvalue weighted by atomic mass is 9.99. The van der Waals surface area contributed by atoms with Crippen LogP contribution in [0.2, 0.25) is 0 Å². The van der Waals surface area contributed by atoms with Crippen LogP contribution in [-0.4, -0.2) is 27.2 Å². The Morgan fingerprint density at radius 2 is 1.96 bits per heavy atom. The van der Waals surface area contributed by atoms with Gasteiger partial charge in [-0.25, -0.2) is 9.78 Å². The van der Waals surface area contributed by atoms with Crippen molar-refractivity contribution in [3.8, 4) is 11.3 Å². The highest BCUT2D eigenvalue weighted by molar-refractivity contribution is 9.10. The third-order valence-electron chi connectivity index (χ3n) is 3.46. The van der Waals surface area contributed by atoms with Gasteiger partial charge in [-0.15, -0.1) is 0 Å². The molecule has 0 aliphatic heterocycles. The van der Waals surface area contributed by atoms with Gasteiger partial charge in [0.25, 0.3) is 0 Å². The van der Waals surface area contributed by atoms with Crippen LogP contribution in [0.4, 0.5) is 0 Å². The van der Waals surface area contributed by atoms with E-state index in [0.29, 0.717) is 12.2 Å². The van der Waals surface area contributed by atoms with E-state index < -0.39 is 17.5 Å². The van der Waals surface area contributed by atoms with Gasteiger partial charge in [-0.3, -0.25) is 5.41 Å². The molecule has 24 heavy (non-hydrogen) atoms. The van der Waals surface area contributed by atoms with Crippen molar-refractivity contribution < 1.29 is 9.53 Å². The highest BCUT2D eigenvalue weighted by atomic mass is 79.9. The van der Waals surface area contributed by atoms with Crippen LogP contribution < -0.4 is 0 Å². The molecular formula is C18H22BrN3O2. The smallest absolute Gasteiger partial charge is 0.353 e. The zero-order chi connectivity index (χ0) is 17.9. The Labute approximate surface area is 150 Å². The van der Waals surface area contributed by atoms with Crippen molar-refractivity contribution in [1.82, 2.24) is 9.97 Å². The van der Waals surface area contributed by atoms with Crippen LogP contribution in [0.5, 0.6) is 0 Å². The van der Waals surface area contributed by atoms with Crippen molar-refractivity contribution in [1.29, 1.82) is 5.41 Å². The summed E-state index contributed by atoms with van der Waals surface area (Å²) < 4.78 is 6.30. The molecule has 0 saturated heterocycles. The number of aromatic nitrogens is 2. The van der Waals surface area contributed by atoms with Gasteiger partial charge < -0.3 is 9.72 Å². The summed E-state index contributed by atoms with van der Waals surface area (Å²) in [5, 5.41) is 8.17. The number of carbonyl (C=O) groups is 1. The van der Waals surface area contributed by atoms with Crippen molar-refractivity contribution in [3.63, 3.8) is 0 Å². The number of carbonyl (C=O) groups excluding carboxylic acids is 1. The van der Waals surface area contributed by atoms with E-state index in [-0.39, 0.29) is 5.71 Å². The number of nitrogens with one attached hydrogen (secondary N) is 2. The minimum absolute atomic E-state index is 0.0795. The Balaban J connectivity index is 2.21. The number of hydrogen-bond acceptors (Lipinski definition) is 4. The van der Waals surface area contributed by atoms with Gasteiger partial charge in [0.1, 0.15) is 17.1 Å². The lowest BCUT2D eigenvalue weighted by Crippen LogP contribution is -2.31. The minimum atomic E-state index is -0.618. The van der Waals surface area contributed by atoms with Gasteiger partial charge in [-0.2, -0.15) is 0 Å². The monoisotopic (exact) mass is 391 g/mol. The number of ether oxygens (including phenoxy) is 1. The number of nitrogens with zero attached hydrogens (tertiary/aromatic N) is 1. The second kappa shape index (κ2) is 7.30. The van der Waals surface area contributed by atoms with Gasteiger partial charge >= 0.3 is 5.97 Å². The summed E-state index contributed by atoms with van der Waals surface area (Å²) in [6.45, 7) is 7.29. The number of rotatable bonds is 5. The fraction of sp³-hybridized carbons (Fsp3) is 0.389. The number of imidazole rings is 1. The molecule has 2 rings (SSSR count). The second-order valence-electron chi connectivity index (χ2n) is 6.57. The zero-order valence-corrected chi connectivity index (χ0v) is 15.9. The van der Waals surface area contributed by atoms with Crippen LogP contribution >= 0.6 is 15.9 Å². The number of esters is 1. The molecule has 128 valence electrons. The maximum atomic E-state index is 12.2. The van der Waals surface area contributed by atoms with E-state index in [1.807, 2.05) is 31.2 Å². The van der Waals surface area contributed by atoms with E-state index in [9.17, 15) is 4.79 Å². The first-order chi connectivity index (χ1) is 11.2. The lowest BCUT2D eigenvalue weighted by molar-refractivity contribution is -0.146. The average Bonchev–Trinajstić information content (AvgIpc) is 2.96. The molecule has 1 aromatic carbocycles. The number of benzene rings is 1. The molecule has 0 amide bonds. The molecule has 0 unspecified atom stereocenters. The van der Waals surface area contributed by atoms with Gasteiger partial charge in [-0.05, 0) is 44.9 Å². The third-order valence-corrected chi connectivity index (χ3v) is 3.98. The Morgan fingerprint density at radius 1 is 1.33 bits per heavy atom. The van der Waals surface area contributed by atoms with E-state index in [1.54, 1.807) is 27.0 Å². The molecule has 1 aromatic heterocycles. The number of aromatic amines is 1. The standard InChI is InChI=1S/C18H22BrN3O2/c1-5-13(15(20)17(23)24-18(2,3)4)16-21-10-14(22-16)11-6-8-12(19)9-7-11/h6-10,13,20H,5H2,1-4H3,(H,21,22)/t13-/m0/s1. The summed E-state index contributed by atoms with van der Waals surface area (Å²) in [6.07, 6.45) is 2.31. The highest BCUT2D eigenvalue weighted by Gasteiger charge is 2.28. The summed E-state index contributed by atoms with van der Waals surface area (Å²) in [7, 11) is 0. The fourth-order valence-electron chi connectivity index (χ4n) is 2.30. The van der Waals surface area contributed by atoms with Gasteiger partial charge in [0.2, 0.25) is 0 Å². The first-order valence-corrected chi connectivity index (χ1v) is 8.63. The Hall–Kier alpha value is -1.95. The van der Waals surface area contributed by atoms with Gasteiger partial charge in [0, 0.05) is 4.47 Å². The summed E-state index contributed by atoms with van der Waals surface area (Å²) in [5.74, 6) is -0.411. The van der Waals surface area contributed by atoms with Crippen LogP contribution in [0.15, 0.2) is 34.9 Å². The number of H-pyrrole nitrogens is 1. The molecule has 0 fully saturated rings. The average molecular weight is 392 g/mol. The summed E-state index contributed by atoms with van der Waals surface area (Å²) in [4.78, 5) is 19.7. The normalized spacial score (nSPS) is 12.7. The van der Waals surface area contributed by atoms with Crippen LogP contribution in [-0.2, 0) is 9.53 Å². The Morgan fingerprint density at radius 3 is 2.50 bits per heavy atom. The molecule has 5 nitrogen and oxygen atoms in total. The van der Waals surface area contributed by atoms with E-state index in [0.717, 1.165) is 15.7 Å². The van der Waals surface area contributed by atoms with E-state index in [1.165, 1.54) is 0 Å². The van der Waals surface area contributed by atoms with Crippen LogP contribution in [0, 0.1) is 5.41 Å². The molecule has 2 N–H and O–H groups in total. The largest absolute Gasteiger partial charge is 0.455 e. The molecule has 1 heterocycles. The summed E-state index contributed by atoms with van der Waals surface area (Å²) in [5.41, 5.74) is 1.15. The van der Waals surface area contributed by atoms with E-state index in [2.05, 4.69) is 25.9 Å². The first-order valence-electron chi connectivity index (χ1n) is 7.84. The molecule has 0 aliphatic carbocycles. The maximum Gasteiger partial charge on any atom is 0.353 e. The molecular weight excluding hydrogens is 370 g/mol. The highest BCUT2D eigenvalue weighted by Crippen LogP contribution is 2.25. The zero-order valence-electron chi connectivity index (χ0n) is 14.3. The van der Waals surface area contributed by atoms with Gasteiger partial charge in [0.15, 0.2) is 0 Å². The number of hydrogen-bond donors (Lipinski definition) is 2. The van der Waals surface area contributed by atoms with Crippen LogP contribution in [0.3, 0.4) is 0 Å². The molecule has 1 atom stereocenters. The van der Waals surface area contributed by atoms with E-state index >= 15 is 0 Å². The van der Waals surface area contributed by atoms with Crippen molar-refractivity contribution in [2.45, 2.75) is 45.6 Å². The molecule has 6 heteroatoms. The lowest BCUT2D eigenvalue weighted by Gasteiger charge is -2.21. The van der Waals surface area contributed by atoms with Gasteiger partial charge in [-0.1, -0.05) is 35.0 Å². The predicted octanol–water partition coefficient (Wildman–Crippen LogP) is 4.69. The Bertz CT molecular complexity index is 729. The molecule has 0 spiro atoms. The first kappa shape index (κ1) is 18.4. The SMILES string of the molecule is CC[C@@H](C(=N)C(=O)OC(C)(C)C)c1ncc(-c2ccc(Br)cc2)[nH]1. The van der Waals surface area contributed by atoms with Crippen LogP contribution in [0.25, 0.3) is 11.3 Å². The van der Waals surface area contributed by atoms with Crippen molar-refractivity contribution >= 4 is 27.6 Å². The Kier molecular flexibility index (Phi) is 5.59. The summed E-state index contributed by atoms with van der Waals surface area (Å²) >= 11 is 3.41. The van der Waals surface area contributed by atoms with Gasteiger partial charge in [0.05, 0.1) is 17.8 Å². The third kappa shape index (κ3) is 4.54.